The van der Waals surface area contributed by atoms with Crippen LogP contribution in [0.25, 0.3) is 0 Å². The van der Waals surface area contributed by atoms with Crippen LogP contribution in [0.5, 0.6) is 0 Å². The van der Waals surface area contributed by atoms with E-state index in [0.29, 0.717) is 17.7 Å². The first-order valence-corrected chi connectivity index (χ1v) is 15.2. The number of nitrogens with zero attached hydrogens (tertiary/aromatic N) is 2. The van der Waals surface area contributed by atoms with Gasteiger partial charge in [-0.1, -0.05) is 43.1 Å². The van der Waals surface area contributed by atoms with E-state index in [9.17, 15) is 22.8 Å². The van der Waals surface area contributed by atoms with Gasteiger partial charge in [0, 0.05) is 25.6 Å². The number of hydrogen-bond donors (Lipinski definition) is 0. The van der Waals surface area contributed by atoms with Crippen LogP contribution in [0.2, 0.25) is 30.7 Å². The molecule has 2 aliphatic rings. The molecule has 1 aliphatic heterocycles. The van der Waals surface area contributed by atoms with Gasteiger partial charge in [-0.2, -0.15) is 13.2 Å². The minimum atomic E-state index is -5.23. The molecule has 0 saturated heterocycles. The van der Waals surface area contributed by atoms with Gasteiger partial charge in [0.15, 0.2) is 0 Å². The summed E-state index contributed by atoms with van der Waals surface area (Å²) in [5, 5.41) is 0.0909. The predicted molar refractivity (Wildman–Crippen MR) is 127 cm³/mol. The number of alkyl halides is 3. The van der Waals surface area contributed by atoms with Gasteiger partial charge in [-0.15, -0.1) is 0 Å². The van der Waals surface area contributed by atoms with Crippen molar-refractivity contribution in [3.05, 3.63) is 23.2 Å². The Bertz CT molecular complexity index is 1010. The molecular formula is C23H28ClF3N2O4Si. The molecule has 0 N–H and O–H groups in total. The van der Waals surface area contributed by atoms with Crippen LogP contribution in [0.3, 0.4) is 0 Å². The smallest absolute Gasteiger partial charge is 0.433 e. The molecule has 1 aromatic rings. The van der Waals surface area contributed by atoms with Crippen LogP contribution in [0.4, 0.5) is 29.3 Å². The zero-order valence-corrected chi connectivity index (χ0v) is 21.3. The first kappa shape index (κ1) is 26.4. The maximum Gasteiger partial charge on any atom is 0.433 e. The maximum absolute atomic E-state index is 14.8. The molecule has 0 aromatic heterocycles. The van der Waals surface area contributed by atoms with E-state index in [1.165, 1.54) is 25.1 Å². The van der Waals surface area contributed by atoms with Crippen molar-refractivity contribution in [3.63, 3.8) is 0 Å². The van der Waals surface area contributed by atoms with Crippen molar-refractivity contribution < 1.29 is 32.2 Å². The molecule has 1 aliphatic carbocycles. The fourth-order valence-corrected chi connectivity index (χ4v) is 4.36. The van der Waals surface area contributed by atoms with Gasteiger partial charge < -0.3 is 9.47 Å². The Hall–Kier alpha value is -2.22. The average molecular weight is 517 g/mol. The van der Waals surface area contributed by atoms with E-state index in [1.54, 1.807) is 0 Å². The Labute approximate surface area is 203 Å². The number of anilines is 2. The van der Waals surface area contributed by atoms with Crippen molar-refractivity contribution in [2.24, 2.45) is 5.92 Å². The first-order chi connectivity index (χ1) is 15.8. The molecule has 1 fully saturated rings. The molecule has 1 unspecified atom stereocenters. The third-order valence-electron chi connectivity index (χ3n) is 5.47. The first-order valence-electron chi connectivity index (χ1n) is 11.1. The van der Waals surface area contributed by atoms with Crippen LogP contribution < -0.4 is 9.80 Å². The van der Waals surface area contributed by atoms with Crippen LogP contribution in [0, 0.1) is 17.8 Å². The third-order valence-corrected chi connectivity index (χ3v) is 7.41. The van der Waals surface area contributed by atoms with Gasteiger partial charge in [-0.05, 0) is 44.0 Å². The number of ether oxygens (including phenoxy) is 2. The number of hydrogen-bond acceptors (Lipinski definition) is 4. The average Bonchev–Trinajstić information content (AvgIpc) is 3.54. The summed E-state index contributed by atoms with van der Waals surface area (Å²) in [7, 11) is -1.47. The molecule has 1 heterocycles. The number of amides is 2. The second-order valence-corrected chi connectivity index (χ2v) is 15.6. The van der Waals surface area contributed by atoms with Crippen LogP contribution in [0.15, 0.2) is 18.2 Å². The lowest BCUT2D eigenvalue weighted by molar-refractivity contribution is -0.178. The van der Waals surface area contributed by atoms with E-state index in [2.05, 4.69) is 31.5 Å². The van der Waals surface area contributed by atoms with Gasteiger partial charge in [0.25, 0.3) is 11.4 Å². The summed E-state index contributed by atoms with van der Waals surface area (Å²) in [5.41, 5.74) is -3.63. The lowest BCUT2D eigenvalue weighted by Crippen LogP contribution is -2.71. The maximum atomic E-state index is 14.8. The molecule has 11 heteroatoms. The minimum Gasteiger partial charge on any atom is -0.449 e. The number of carbonyl (C=O) groups excluding carboxylic acids is 2. The van der Waals surface area contributed by atoms with E-state index in [0.717, 1.165) is 10.9 Å². The van der Waals surface area contributed by atoms with Crippen LogP contribution in [-0.4, -0.2) is 51.7 Å². The number of benzene rings is 1. The molecule has 0 radical (unpaired) electrons. The molecule has 1 saturated carbocycles. The highest BCUT2D eigenvalue weighted by atomic mass is 35.5. The quantitative estimate of drug-likeness (QED) is 0.277. The van der Waals surface area contributed by atoms with E-state index < -0.39 is 38.5 Å². The van der Waals surface area contributed by atoms with E-state index in [-0.39, 0.29) is 35.5 Å². The van der Waals surface area contributed by atoms with Gasteiger partial charge in [0.1, 0.15) is 6.73 Å². The Morgan fingerprint density at radius 2 is 1.94 bits per heavy atom. The Morgan fingerprint density at radius 3 is 2.50 bits per heavy atom. The molecule has 3 rings (SSSR count). The van der Waals surface area contributed by atoms with Crippen molar-refractivity contribution in [3.8, 4) is 11.8 Å². The fraction of sp³-hybridized carbons (Fsp3) is 0.565. The summed E-state index contributed by atoms with van der Waals surface area (Å²) in [4.78, 5) is 27.7. The Kier molecular flexibility index (Phi) is 7.60. The SMILES string of the molecule is CCOC(=O)N1c2cc(Cl)ccc2N(COCC[Si](C)(C)C)C(=O)C1(C#CC1CC1)C(F)(F)F. The van der Waals surface area contributed by atoms with Gasteiger partial charge >= 0.3 is 12.3 Å². The zero-order chi connectivity index (χ0) is 25.3. The van der Waals surface area contributed by atoms with E-state index in [1.807, 2.05) is 0 Å². The summed E-state index contributed by atoms with van der Waals surface area (Å²) in [6.07, 6.45) is -5.28. The summed E-state index contributed by atoms with van der Waals surface area (Å²) >= 11 is 6.10. The van der Waals surface area contributed by atoms with Crippen molar-refractivity contribution in [2.45, 2.75) is 57.2 Å². The number of rotatable bonds is 6. The van der Waals surface area contributed by atoms with Crippen LogP contribution in [-0.2, 0) is 14.3 Å². The second kappa shape index (κ2) is 9.80. The molecular weight excluding hydrogens is 489 g/mol. The Morgan fingerprint density at radius 1 is 1.26 bits per heavy atom. The minimum absolute atomic E-state index is 0.0588. The zero-order valence-electron chi connectivity index (χ0n) is 19.6. The predicted octanol–water partition coefficient (Wildman–Crippen LogP) is 5.68. The topological polar surface area (TPSA) is 59.1 Å². The number of fused-ring (bicyclic) bond motifs is 1. The fourth-order valence-electron chi connectivity index (χ4n) is 3.43. The molecule has 1 atom stereocenters. The van der Waals surface area contributed by atoms with E-state index in [4.69, 9.17) is 21.1 Å². The molecule has 6 nitrogen and oxygen atoms in total. The van der Waals surface area contributed by atoms with Gasteiger partial charge in [-0.25, -0.2) is 9.69 Å². The van der Waals surface area contributed by atoms with Crippen molar-refractivity contribution in [1.29, 1.82) is 0 Å². The van der Waals surface area contributed by atoms with Crippen LogP contribution >= 0.6 is 11.6 Å². The molecule has 2 amide bonds. The highest BCUT2D eigenvalue weighted by Gasteiger charge is 2.69. The lowest BCUT2D eigenvalue weighted by Gasteiger charge is -2.46. The number of carbonyl (C=O) groups is 2. The van der Waals surface area contributed by atoms with E-state index >= 15 is 0 Å². The summed E-state index contributed by atoms with van der Waals surface area (Å²) in [5.74, 6) is 3.03. The van der Waals surface area contributed by atoms with Gasteiger partial charge in [0.05, 0.1) is 18.0 Å². The summed E-state index contributed by atoms with van der Waals surface area (Å²) in [6, 6.07) is 4.79. The molecule has 186 valence electrons. The molecule has 1 aromatic carbocycles. The highest BCUT2D eigenvalue weighted by Crippen LogP contribution is 2.49. The molecule has 0 spiro atoms. The van der Waals surface area contributed by atoms with Gasteiger partial charge in [0.2, 0.25) is 0 Å². The third kappa shape index (κ3) is 5.37. The largest absolute Gasteiger partial charge is 0.449 e. The normalized spacial score (nSPS) is 20.5. The Balaban J connectivity index is 2.16. The number of halogens is 4. The standard InChI is InChI=1S/C23H28ClF3N2O4Si/c1-5-33-21(31)29-19-14-17(24)8-9-18(19)28(15-32-12-13-34(2,3)4)20(30)22(29,23(25,26)27)11-10-16-6-7-16/h8-9,14,16H,5-7,12-13,15H2,1-4H3. The van der Waals surface area contributed by atoms with Crippen molar-refractivity contribution in [1.82, 2.24) is 0 Å². The lowest BCUT2D eigenvalue weighted by atomic mass is 9.90. The summed E-state index contributed by atoms with van der Waals surface area (Å²) < 4.78 is 55.0. The summed E-state index contributed by atoms with van der Waals surface area (Å²) in [6.45, 7) is 7.56. The molecule has 34 heavy (non-hydrogen) atoms. The van der Waals surface area contributed by atoms with Crippen LogP contribution in [0.1, 0.15) is 19.8 Å². The molecule has 0 bridgehead atoms. The van der Waals surface area contributed by atoms with Crippen molar-refractivity contribution >= 4 is 43.1 Å². The highest BCUT2D eigenvalue weighted by molar-refractivity contribution is 6.76. The van der Waals surface area contributed by atoms with Crippen molar-refractivity contribution in [2.75, 3.05) is 29.7 Å². The monoisotopic (exact) mass is 516 g/mol. The second-order valence-electron chi connectivity index (χ2n) is 9.50. The van der Waals surface area contributed by atoms with Gasteiger partial charge in [-0.3, -0.25) is 9.69 Å².